The number of hydrogen-bond donors (Lipinski definition) is 1. The van der Waals surface area contributed by atoms with Crippen LogP contribution in [0.5, 0.6) is 0 Å². The van der Waals surface area contributed by atoms with Gasteiger partial charge in [-0.1, -0.05) is 6.92 Å². The van der Waals surface area contributed by atoms with Gasteiger partial charge >= 0.3 is 11.7 Å². The Kier molecular flexibility index (Phi) is 4.45. The average Bonchev–Trinajstić information content (AvgIpc) is 3.09. The normalized spacial score (nSPS) is 20.6. The van der Waals surface area contributed by atoms with E-state index in [4.69, 9.17) is 4.42 Å². The zero-order chi connectivity index (χ0) is 17.1. The lowest BCUT2D eigenvalue weighted by Gasteiger charge is -2.37. The van der Waals surface area contributed by atoms with Crippen molar-refractivity contribution in [1.29, 1.82) is 0 Å². The van der Waals surface area contributed by atoms with Crippen molar-refractivity contribution in [2.75, 3.05) is 11.9 Å². The molecular formula is C16H18N4O4. The number of urea groups is 1. The number of nitrogens with zero attached hydrogens (tertiary/aromatic N) is 3. The molecule has 0 saturated carbocycles. The molecule has 1 aliphatic rings. The lowest BCUT2D eigenvalue weighted by molar-refractivity contribution is -0.384. The largest absolute Gasteiger partial charge is 0.467 e. The first-order chi connectivity index (χ1) is 11.6. The Morgan fingerprint density at radius 3 is 3.04 bits per heavy atom. The van der Waals surface area contributed by atoms with Crippen molar-refractivity contribution < 1.29 is 14.1 Å². The molecule has 24 heavy (non-hydrogen) atoms. The van der Waals surface area contributed by atoms with Gasteiger partial charge in [0.15, 0.2) is 0 Å². The van der Waals surface area contributed by atoms with Gasteiger partial charge in [0, 0.05) is 12.7 Å². The summed E-state index contributed by atoms with van der Waals surface area (Å²) in [5, 5.41) is 13.7. The Labute approximate surface area is 138 Å². The minimum atomic E-state index is -0.565. The van der Waals surface area contributed by atoms with E-state index in [9.17, 15) is 14.9 Å². The Morgan fingerprint density at radius 1 is 1.50 bits per heavy atom. The third-order valence-corrected chi connectivity index (χ3v) is 4.24. The van der Waals surface area contributed by atoms with Gasteiger partial charge < -0.3 is 14.6 Å². The molecule has 0 spiro atoms. The molecule has 2 unspecified atom stereocenters. The maximum atomic E-state index is 12.7. The van der Waals surface area contributed by atoms with Gasteiger partial charge in [0.2, 0.25) is 0 Å². The quantitative estimate of drug-likeness (QED) is 0.684. The molecule has 2 aromatic heterocycles. The molecule has 0 aromatic carbocycles. The highest BCUT2D eigenvalue weighted by molar-refractivity contribution is 5.92. The van der Waals surface area contributed by atoms with Gasteiger partial charge in [0.05, 0.1) is 17.2 Å². The third-order valence-electron chi connectivity index (χ3n) is 4.24. The second-order valence-corrected chi connectivity index (χ2v) is 5.93. The molecular weight excluding hydrogens is 312 g/mol. The molecule has 1 saturated heterocycles. The van der Waals surface area contributed by atoms with Crippen molar-refractivity contribution in [3.05, 3.63) is 52.7 Å². The van der Waals surface area contributed by atoms with Crippen molar-refractivity contribution in [2.45, 2.75) is 25.8 Å². The van der Waals surface area contributed by atoms with Crippen LogP contribution in [0, 0.1) is 16.0 Å². The Balaban J connectivity index is 1.82. The lowest BCUT2D eigenvalue weighted by atomic mass is 9.91. The summed E-state index contributed by atoms with van der Waals surface area (Å²) in [4.78, 5) is 28.6. The van der Waals surface area contributed by atoms with Gasteiger partial charge in [-0.25, -0.2) is 4.79 Å². The van der Waals surface area contributed by atoms with Crippen LogP contribution in [0.1, 0.15) is 31.6 Å². The average molecular weight is 330 g/mol. The minimum absolute atomic E-state index is 0.136. The first-order valence-electron chi connectivity index (χ1n) is 7.75. The monoisotopic (exact) mass is 330 g/mol. The number of pyridine rings is 1. The molecule has 1 N–H and O–H groups in total. The highest BCUT2D eigenvalue weighted by atomic mass is 16.6. The predicted molar refractivity (Wildman–Crippen MR) is 86.5 cm³/mol. The molecule has 3 rings (SSSR count). The van der Waals surface area contributed by atoms with E-state index in [0.29, 0.717) is 12.5 Å². The number of likely N-dealkylation sites (tertiary alicyclic amines) is 1. The number of anilines is 1. The summed E-state index contributed by atoms with van der Waals surface area (Å²) in [5.41, 5.74) is -0.0948. The summed E-state index contributed by atoms with van der Waals surface area (Å²) in [5.74, 6) is 1.19. The first kappa shape index (κ1) is 16.0. The molecule has 126 valence electrons. The Bertz CT molecular complexity index is 731. The van der Waals surface area contributed by atoms with E-state index in [-0.39, 0.29) is 23.4 Å². The summed E-state index contributed by atoms with van der Waals surface area (Å²) < 4.78 is 5.47. The maximum absolute atomic E-state index is 12.7. The van der Waals surface area contributed by atoms with E-state index in [2.05, 4.69) is 17.2 Å². The van der Waals surface area contributed by atoms with Gasteiger partial charge in [0.25, 0.3) is 0 Å². The van der Waals surface area contributed by atoms with Gasteiger partial charge in [-0.15, -0.1) is 0 Å². The molecule has 0 radical (unpaired) electrons. The smallest absolute Gasteiger partial charge is 0.322 e. The summed E-state index contributed by atoms with van der Waals surface area (Å²) >= 11 is 0. The topological polar surface area (TPSA) is 102 Å². The standard InChI is InChI=1S/C16H18N4O4/c1-11-5-7-19(13(9-11)15-3-2-8-24-15)16(21)18-12-4-6-17-10-14(12)20(22)23/h2-4,6,8,10-11,13H,5,7,9H2,1H3,(H,17,18,21). The highest BCUT2D eigenvalue weighted by Gasteiger charge is 2.33. The second-order valence-electron chi connectivity index (χ2n) is 5.93. The van der Waals surface area contributed by atoms with Crippen LogP contribution in [0.25, 0.3) is 0 Å². The van der Waals surface area contributed by atoms with Crippen LogP contribution < -0.4 is 5.32 Å². The highest BCUT2D eigenvalue weighted by Crippen LogP contribution is 2.35. The number of piperidine rings is 1. The molecule has 8 heteroatoms. The van der Waals surface area contributed by atoms with E-state index in [1.807, 2.05) is 6.07 Å². The molecule has 1 fully saturated rings. The number of furan rings is 1. The maximum Gasteiger partial charge on any atom is 0.322 e. The fourth-order valence-corrected chi connectivity index (χ4v) is 2.96. The number of aromatic nitrogens is 1. The zero-order valence-corrected chi connectivity index (χ0v) is 13.2. The molecule has 2 aromatic rings. The van der Waals surface area contributed by atoms with E-state index in [0.717, 1.165) is 24.8 Å². The van der Waals surface area contributed by atoms with Gasteiger partial charge in [-0.2, -0.15) is 0 Å². The van der Waals surface area contributed by atoms with Crippen LogP contribution in [0.2, 0.25) is 0 Å². The third kappa shape index (κ3) is 3.22. The number of nitro groups is 1. The SMILES string of the molecule is CC1CCN(C(=O)Nc2ccncc2[N+](=O)[O-])C(c2ccco2)C1. The molecule has 2 amide bonds. The summed E-state index contributed by atoms with van der Waals surface area (Å²) in [7, 11) is 0. The second kappa shape index (κ2) is 6.69. The van der Waals surface area contributed by atoms with Gasteiger partial charge in [-0.3, -0.25) is 15.1 Å². The summed E-state index contributed by atoms with van der Waals surface area (Å²) in [6.45, 7) is 2.70. The number of carbonyl (C=O) groups is 1. The van der Waals surface area contributed by atoms with Crippen LogP contribution in [0.4, 0.5) is 16.2 Å². The van der Waals surface area contributed by atoms with Crippen molar-refractivity contribution in [1.82, 2.24) is 9.88 Å². The van der Waals surface area contributed by atoms with E-state index >= 15 is 0 Å². The first-order valence-corrected chi connectivity index (χ1v) is 7.75. The lowest BCUT2D eigenvalue weighted by Crippen LogP contribution is -2.42. The molecule has 1 aliphatic heterocycles. The number of amides is 2. The van der Waals surface area contributed by atoms with Crippen molar-refractivity contribution in [3.8, 4) is 0 Å². The fourth-order valence-electron chi connectivity index (χ4n) is 2.96. The van der Waals surface area contributed by atoms with Crippen LogP contribution in [-0.2, 0) is 0 Å². The van der Waals surface area contributed by atoms with Crippen molar-refractivity contribution in [3.63, 3.8) is 0 Å². The van der Waals surface area contributed by atoms with E-state index in [1.165, 1.54) is 12.3 Å². The van der Waals surface area contributed by atoms with E-state index < -0.39 is 4.92 Å². The van der Waals surface area contributed by atoms with Crippen LogP contribution in [0.3, 0.4) is 0 Å². The predicted octanol–water partition coefficient (Wildman–Crippen LogP) is 3.59. The Morgan fingerprint density at radius 2 is 2.33 bits per heavy atom. The summed E-state index contributed by atoms with van der Waals surface area (Å²) in [6.07, 6.45) is 5.78. The molecule has 8 nitrogen and oxygen atoms in total. The van der Waals surface area contributed by atoms with Crippen LogP contribution in [-0.4, -0.2) is 27.4 Å². The zero-order valence-electron chi connectivity index (χ0n) is 13.2. The van der Waals surface area contributed by atoms with E-state index in [1.54, 1.807) is 17.2 Å². The molecule has 2 atom stereocenters. The number of nitrogens with one attached hydrogen (secondary N) is 1. The summed E-state index contributed by atoms with van der Waals surface area (Å²) in [6, 6.07) is 4.50. The minimum Gasteiger partial charge on any atom is -0.467 e. The fraction of sp³-hybridized carbons (Fsp3) is 0.375. The number of carbonyl (C=O) groups excluding carboxylic acids is 1. The van der Waals surface area contributed by atoms with Crippen molar-refractivity contribution in [2.24, 2.45) is 5.92 Å². The molecule has 0 bridgehead atoms. The number of hydrogen-bond acceptors (Lipinski definition) is 5. The van der Waals surface area contributed by atoms with Crippen LogP contribution in [0.15, 0.2) is 41.3 Å². The van der Waals surface area contributed by atoms with Crippen LogP contribution >= 0.6 is 0 Å². The van der Waals surface area contributed by atoms with Crippen molar-refractivity contribution >= 4 is 17.4 Å². The Hall–Kier alpha value is -2.90. The number of rotatable bonds is 3. The van der Waals surface area contributed by atoms with Gasteiger partial charge in [-0.05, 0) is 37.0 Å². The van der Waals surface area contributed by atoms with Gasteiger partial charge in [0.1, 0.15) is 17.6 Å². The molecule has 0 aliphatic carbocycles. The molecule has 3 heterocycles.